The van der Waals surface area contributed by atoms with Crippen molar-refractivity contribution in [3.05, 3.63) is 40.7 Å². The molecule has 0 aliphatic heterocycles. The number of rotatable bonds is 2. The van der Waals surface area contributed by atoms with Crippen LogP contribution < -0.4 is 0 Å². The molecule has 1 aromatic heterocycles. The normalized spacial score (nSPS) is 10.6. The van der Waals surface area contributed by atoms with Gasteiger partial charge in [0.2, 0.25) is 0 Å². The van der Waals surface area contributed by atoms with E-state index in [0.29, 0.717) is 10.7 Å². The van der Waals surface area contributed by atoms with Crippen molar-refractivity contribution in [2.45, 2.75) is 13.5 Å². The summed E-state index contributed by atoms with van der Waals surface area (Å²) < 4.78 is 1.56. The summed E-state index contributed by atoms with van der Waals surface area (Å²) in [4.78, 5) is 0. The van der Waals surface area contributed by atoms with Gasteiger partial charge in [-0.25, -0.2) is 4.68 Å². The summed E-state index contributed by atoms with van der Waals surface area (Å²) in [6.45, 7) is 1.83. The first kappa shape index (κ1) is 10.1. The van der Waals surface area contributed by atoms with Gasteiger partial charge in [0.15, 0.2) is 0 Å². The Morgan fingerprint density at radius 3 is 2.93 bits per heavy atom. The zero-order valence-electron chi connectivity index (χ0n) is 8.18. The van der Waals surface area contributed by atoms with Crippen LogP contribution in [0.3, 0.4) is 0 Å². The van der Waals surface area contributed by atoms with Crippen molar-refractivity contribution < 1.29 is 5.11 Å². The van der Waals surface area contributed by atoms with Crippen molar-refractivity contribution in [2.75, 3.05) is 0 Å². The number of aliphatic hydroxyl groups excluding tert-OH is 1. The van der Waals surface area contributed by atoms with Crippen LogP contribution in [0.2, 0.25) is 5.02 Å². The summed E-state index contributed by atoms with van der Waals surface area (Å²) in [5, 5.41) is 17.3. The molecule has 2 aromatic rings. The highest BCUT2D eigenvalue weighted by atomic mass is 35.5. The maximum atomic E-state index is 9.06. The number of halogens is 1. The number of hydrogen-bond donors (Lipinski definition) is 1. The molecular formula is C10H10ClN3O. The van der Waals surface area contributed by atoms with E-state index in [1.807, 2.05) is 19.1 Å². The van der Waals surface area contributed by atoms with Gasteiger partial charge < -0.3 is 5.11 Å². The van der Waals surface area contributed by atoms with Crippen LogP contribution in [0.25, 0.3) is 5.69 Å². The van der Waals surface area contributed by atoms with E-state index < -0.39 is 0 Å². The van der Waals surface area contributed by atoms with E-state index in [0.717, 1.165) is 11.3 Å². The summed E-state index contributed by atoms with van der Waals surface area (Å²) in [6, 6.07) is 5.58. The largest absolute Gasteiger partial charge is 0.390 e. The SMILES string of the molecule is Cc1ccc(-n2nncc2CO)cc1Cl. The molecule has 1 aromatic carbocycles. The van der Waals surface area contributed by atoms with Gasteiger partial charge in [-0.15, -0.1) is 5.10 Å². The third kappa shape index (κ3) is 1.86. The van der Waals surface area contributed by atoms with Gasteiger partial charge in [0, 0.05) is 5.02 Å². The summed E-state index contributed by atoms with van der Waals surface area (Å²) in [7, 11) is 0. The minimum Gasteiger partial charge on any atom is -0.390 e. The molecule has 2 rings (SSSR count). The van der Waals surface area contributed by atoms with Gasteiger partial charge in [-0.05, 0) is 24.6 Å². The highest BCUT2D eigenvalue weighted by Gasteiger charge is 2.06. The highest BCUT2D eigenvalue weighted by Crippen LogP contribution is 2.19. The van der Waals surface area contributed by atoms with E-state index in [-0.39, 0.29) is 6.61 Å². The monoisotopic (exact) mass is 223 g/mol. The predicted molar refractivity (Wildman–Crippen MR) is 57.0 cm³/mol. The lowest BCUT2D eigenvalue weighted by Gasteiger charge is -2.05. The molecule has 0 saturated heterocycles. The van der Waals surface area contributed by atoms with Crippen molar-refractivity contribution in [1.29, 1.82) is 0 Å². The minimum atomic E-state index is -0.0987. The summed E-state index contributed by atoms with van der Waals surface area (Å²) in [5.41, 5.74) is 2.44. The molecule has 1 N–H and O–H groups in total. The number of aryl methyl sites for hydroxylation is 1. The average Bonchev–Trinajstić information content (AvgIpc) is 2.70. The molecule has 5 heteroatoms. The maximum absolute atomic E-state index is 9.06. The van der Waals surface area contributed by atoms with Crippen LogP contribution in [-0.2, 0) is 6.61 Å². The Balaban J connectivity index is 2.50. The predicted octanol–water partition coefficient (Wildman–Crippen LogP) is 1.72. The van der Waals surface area contributed by atoms with Gasteiger partial charge in [-0.3, -0.25) is 0 Å². The topological polar surface area (TPSA) is 50.9 Å². The van der Waals surface area contributed by atoms with Crippen molar-refractivity contribution >= 4 is 11.6 Å². The third-order valence-corrected chi connectivity index (χ3v) is 2.59. The van der Waals surface area contributed by atoms with E-state index in [1.54, 1.807) is 10.7 Å². The molecule has 0 atom stereocenters. The molecule has 4 nitrogen and oxygen atoms in total. The average molecular weight is 224 g/mol. The standard InChI is InChI=1S/C10H10ClN3O/c1-7-2-3-8(4-10(7)11)14-9(6-15)5-12-13-14/h2-5,15H,6H2,1H3. The second-order valence-electron chi connectivity index (χ2n) is 3.23. The smallest absolute Gasteiger partial charge is 0.0900 e. The molecule has 0 aliphatic carbocycles. The first-order valence-corrected chi connectivity index (χ1v) is 4.87. The van der Waals surface area contributed by atoms with Gasteiger partial charge in [0.05, 0.1) is 24.2 Å². The van der Waals surface area contributed by atoms with E-state index in [4.69, 9.17) is 16.7 Å². The molecular weight excluding hydrogens is 214 g/mol. The van der Waals surface area contributed by atoms with Crippen molar-refractivity contribution in [2.24, 2.45) is 0 Å². The number of benzene rings is 1. The van der Waals surface area contributed by atoms with E-state index in [1.165, 1.54) is 6.20 Å². The summed E-state index contributed by atoms with van der Waals surface area (Å²) >= 11 is 6.00. The second-order valence-corrected chi connectivity index (χ2v) is 3.64. The highest BCUT2D eigenvalue weighted by molar-refractivity contribution is 6.31. The van der Waals surface area contributed by atoms with Crippen LogP contribution in [0.1, 0.15) is 11.3 Å². The van der Waals surface area contributed by atoms with Gasteiger partial charge >= 0.3 is 0 Å². The van der Waals surface area contributed by atoms with Crippen LogP contribution in [0.4, 0.5) is 0 Å². The van der Waals surface area contributed by atoms with Crippen LogP contribution in [0, 0.1) is 6.92 Å². The number of nitrogens with zero attached hydrogens (tertiary/aromatic N) is 3. The summed E-state index contributed by atoms with van der Waals surface area (Å²) in [5.74, 6) is 0. The Bertz CT molecular complexity index is 481. The lowest BCUT2D eigenvalue weighted by atomic mass is 10.2. The number of hydrogen-bond acceptors (Lipinski definition) is 3. The van der Waals surface area contributed by atoms with E-state index in [2.05, 4.69) is 10.3 Å². The molecule has 0 saturated carbocycles. The third-order valence-electron chi connectivity index (χ3n) is 2.18. The lowest BCUT2D eigenvalue weighted by Crippen LogP contribution is -2.02. The van der Waals surface area contributed by atoms with Crippen LogP contribution in [0.15, 0.2) is 24.4 Å². The Morgan fingerprint density at radius 1 is 1.47 bits per heavy atom. The lowest BCUT2D eigenvalue weighted by molar-refractivity contribution is 0.273. The maximum Gasteiger partial charge on any atom is 0.0900 e. The summed E-state index contributed by atoms with van der Waals surface area (Å²) in [6.07, 6.45) is 1.52. The van der Waals surface area contributed by atoms with Gasteiger partial charge in [-0.2, -0.15) is 0 Å². The Labute approximate surface area is 92.1 Å². The molecule has 15 heavy (non-hydrogen) atoms. The molecule has 0 amide bonds. The molecule has 1 heterocycles. The first-order chi connectivity index (χ1) is 7.22. The molecule has 0 aliphatic rings. The Kier molecular flexibility index (Phi) is 2.70. The zero-order chi connectivity index (χ0) is 10.8. The Morgan fingerprint density at radius 2 is 2.27 bits per heavy atom. The molecule has 78 valence electrons. The molecule has 0 unspecified atom stereocenters. The first-order valence-electron chi connectivity index (χ1n) is 4.49. The Hall–Kier alpha value is -1.39. The second kappa shape index (κ2) is 4.00. The van der Waals surface area contributed by atoms with Gasteiger partial charge in [0.25, 0.3) is 0 Å². The fourth-order valence-electron chi connectivity index (χ4n) is 1.30. The van der Waals surface area contributed by atoms with Crippen molar-refractivity contribution in [3.8, 4) is 5.69 Å². The van der Waals surface area contributed by atoms with Crippen molar-refractivity contribution in [1.82, 2.24) is 15.0 Å². The van der Waals surface area contributed by atoms with Crippen LogP contribution >= 0.6 is 11.6 Å². The fourth-order valence-corrected chi connectivity index (χ4v) is 1.47. The van der Waals surface area contributed by atoms with Crippen LogP contribution in [0.5, 0.6) is 0 Å². The molecule has 0 spiro atoms. The van der Waals surface area contributed by atoms with Gasteiger partial charge in [-0.1, -0.05) is 22.9 Å². The molecule has 0 bridgehead atoms. The van der Waals surface area contributed by atoms with Gasteiger partial charge in [0.1, 0.15) is 0 Å². The number of aliphatic hydroxyl groups is 1. The quantitative estimate of drug-likeness (QED) is 0.844. The van der Waals surface area contributed by atoms with Crippen molar-refractivity contribution in [3.63, 3.8) is 0 Å². The van der Waals surface area contributed by atoms with Crippen LogP contribution in [-0.4, -0.2) is 20.1 Å². The number of aromatic nitrogens is 3. The molecule has 0 fully saturated rings. The van der Waals surface area contributed by atoms with E-state index >= 15 is 0 Å². The zero-order valence-corrected chi connectivity index (χ0v) is 8.94. The van der Waals surface area contributed by atoms with E-state index in [9.17, 15) is 0 Å². The molecule has 0 radical (unpaired) electrons. The fraction of sp³-hybridized carbons (Fsp3) is 0.200. The minimum absolute atomic E-state index is 0.0987.